The molecular weight excluding hydrogens is 310 g/mol. The molecule has 3 aromatic heterocycles. The van der Waals surface area contributed by atoms with Crippen LogP contribution in [0.2, 0.25) is 0 Å². The molecule has 0 atom stereocenters. The topological polar surface area (TPSA) is 83.5 Å². The molecule has 24 heavy (non-hydrogen) atoms. The zero-order valence-corrected chi connectivity index (χ0v) is 12.6. The van der Waals surface area contributed by atoms with Gasteiger partial charge in [0.05, 0.1) is 16.6 Å². The quantitative estimate of drug-likeness (QED) is 0.528. The molecule has 1 aliphatic rings. The second-order valence-corrected chi connectivity index (χ2v) is 5.49. The summed E-state index contributed by atoms with van der Waals surface area (Å²) in [6.45, 7) is 2.06. The number of fused-ring (bicyclic) bond motifs is 4. The zero-order chi connectivity index (χ0) is 16.3. The van der Waals surface area contributed by atoms with E-state index in [0.717, 1.165) is 5.69 Å². The van der Waals surface area contributed by atoms with Crippen LogP contribution in [0.5, 0.6) is 11.5 Å². The van der Waals surface area contributed by atoms with Crippen molar-refractivity contribution in [3.05, 3.63) is 52.8 Å². The molecule has 5 rings (SSSR count). The van der Waals surface area contributed by atoms with Gasteiger partial charge < -0.3 is 9.47 Å². The standard InChI is InChI=1S/C16H11N5O3/c1-9-4-12-11(6-17-16-18-7-19-21(12)16)15(22)20(9)10-2-3-13-14(5-10)24-8-23-13/h2-7H,8H2,1H3. The third-order valence-electron chi connectivity index (χ3n) is 4.09. The molecule has 1 aliphatic heterocycles. The molecule has 0 amide bonds. The van der Waals surface area contributed by atoms with Crippen molar-refractivity contribution in [3.63, 3.8) is 0 Å². The van der Waals surface area contributed by atoms with Crippen molar-refractivity contribution < 1.29 is 9.47 Å². The summed E-state index contributed by atoms with van der Waals surface area (Å²) in [7, 11) is 0. The van der Waals surface area contributed by atoms with Gasteiger partial charge >= 0.3 is 0 Å². The number of benzene rings is 1. The van der Waals surface area contributed by atoms with E-state index in [0.29, 0.717) is 33.9 Å². The third kappa shape index (κ3) is 1.67. The Hall–Kier alpha value is -3.42. The Kier molecular flexibility index (Phi) is 2.47. The van der Waals surface area contributed by atoms with Gasteiger partial charge in [-0.1, -0.05) is 0 Å². The summed E-state index contributed by atoms with van der Waals surface area (Å²) in [6, 6.07) is 7.32. The Balaban J connectivity index is 1.83. The van der Waals surface area contributed by atoms with Crippen molar-refractivity contribution in [1.29, 1.82) is 0 Å². The van der Waals surface area contributed by atoms with Crippen molar-refractivity contribution in [3.8, 4) is 17.2 Å². The van der Waals surface area contributed by atoms with Gasteiger partial charge in [0.1, 0.15) is 6.33 Å². The lowest BCUT2D eigenvalue weighted by molar-refractivity contribution is 0.174. The number of pyridine rings is 1. The number of aromatic nitrogens is 5. The first-order valence-corrected chi connectivity index (χ1v) is 7.33. The first-order valence-electron chi connectivity index (χ1n) is 7.33. The first kappa shape index (κ1) is 13.1. The van der Waals surface area contributed by atoms with E-state index in [1.807, 2.05) is 19.1 Å². The number of hydrogen-bond acceptors (Lipinski definition) is 6. The maximum absolute atomic E-state index is 13.0. The fourth-order valence-corrected chi connectivity index (χ4v) is 2.99. The summed E-state index contributed by atoms with van der Waals surface area (Å²) in [5, 5.41) is 4.61. The van der Waals surface area contributed by atoms with E-state index >= 15 is 0 Å². The lowest BCUT2D eigenvalue weighted by Gasteiger charge is -2.12. The molecule has 8 heteroatoms. The van der Waals surface area contributed by atoms with Crippen LogP contribution in [-0.2, 0) is 0 Å². The lowest BCUT2D eigenvalue weighted by Crippen LogP contribution is -2.21. The highest BCUT2D eigenvalue weighted by Gasteiger charge is 2.17. The lowest BCUT2D eigenvalue weighted by atomic mass is 10.2. The summed E-state index contributed by atoms with van der Waals surface area (Å²) >= 11 is 0. The molecule has 4 aromatic rings. The SMILES string of the molecule is Cc1cc2c(cnc3ncnn32)c(=O)n1-c1ccc2c(c1)OCO2. The van der Waals surface area contributed by atoms with Crippen LogP contribution in [0.1, 0.15) is 5.69 Å². The molecule has 0 N–H and O–H groups in total. The van der Waals surface area contributed by atoms with Crippen LogP contribution >= 0.6 is 0 Å². The number of rotatable bonds is 1. The van der Waals surface area contributed by atoms with Crippen LogP contribution in [0.15, 0.2) is 41.6 Å². The van der Waals surface area contributed by atoms with E-state index in [1.165, 1.54) is 12.5 Å². The van der Waals surface area contributed by atoms with Gasteiger partial charge in [0.25, 0.3) is 11.3 Å². The maximum atomic E-state index is 13.0. The molecule has 0 spiro atoms. The zero-order valence-electron chi connectivity index (χ0n) is 12.6. The van der Waals surface area contributed by atoms with Gasteiger partial charge in [-0.2, -0.15) is 14.6 Å². The maximum Gasteiger partial charge on any atom is 0.266 e. The molecule has 0 bridgehead atoms. The van der Waals surface area contributed by atoms with Gasteiger partial charge in [-0.25, -0.2) is 4.98 Å². The van der Waals surface area contributed by atoms with Crippen molar-refractivity contribution in [1.82, 2.24) is 24.1 Å². The Bertz CT molecular complexity index is 1180. The van der Waals surface area contributed by atoms with E-state index in [-0.39, 0.29) is 12.4 Å². The number of ether oxygens (including phenoxy) is 2. The second kappa shape index (κ2) is 4.54. The summed E-state index contributed by atoms with van der Waals surface area (Å²) in [5.41, 5.74) is 1.99. The molecule has 0 saturated carbocycles. The average molecular weight is 321 g/mol. The molecule has 0 radical (unpaired) electrons. The van der Waals surface area contributed by atoms with Gasteiger partial charge in [-0.05, 0) is 25.1 Å². The highest BCUT2D eigenvalue weighted by molar-refractivity contribution is 5.79. The Labute approximate surface area is 134 Å². The summed E-state index contributed by atoms with van der Waals surface area (Å²) < 4.78 is 13.9. The largest absolute Gasteiger partial charge is 0.454 e. The molecule has 0 unspecified atom stereocenters. The highest BCUT2D eigenvalue weighted by Crippen LogP contribution is 2.33. The Morgan fingerprint density at radius 1 is 1.12 bits per heavy atom. The smallest absolute Gasteiger partial charge is 0.266 e. The third-order valence-corrected chi connectivity index (χ3v) is 4.09. The molecule has 0 aliphatic carbocycles. The van der Waals surface area contributed by atoms with Gasteiger partial charge in [-0.3, -0.25) is 9.36 Å². The van der Waals surface area contributed by atoms with Crippen LogP contribution in [0, 0.1) is 6.92 Å². The van der Waals surface area contributed by atoms with Crippen molar-refractivity contribution in [2.75, 3.05) is 6.79 Å². The van der Waals surface area contributed by atoms with Crippen molar-refractivity contribution in [2.24, 2.45) is 0 Å². The molecule has 8 nitrogen and oxygen atoms in total. The Morgan fingerprint density at radius 2 is 2.00 bits per heavy atom. The van der Waals surface area contributed by atoms with E-state index < -0.39 is 0 Å². The second-order valence-electron chi connectivity index (χ2n) is 5.49. The highest BCUT2D eigenvalue weighted by atomic mass is 16.7. The number of hydrogen-bond donors (Lipinski definition) is 0. The first-order chi connectivity index (χ1) is 11.7. The summed E-state index contributed by atoms with van der Waals surface area (Å²) in [5.74, 6) is 1.77. The minimum Gasteiger partial charge on any atom is -0.454 e. The van der Waals surface area contributed by atoms with Crippen molar-refractivity contribution in [2.45, 2.75) is 6.92 Å². The minimum absolute atomic E-state index is 0.172. The predicted molar refractivity (Wildman–Crippen MR) is 84.7 cm³/mol. The van der Waals surface area contributed by atoms with Gasteiger partial charge in [-0.15, -0.1) is 0 Å². The number of aryl methyl sites for hydroxylation is 1. The van der Waals surface area contributed by atoms with Crippen LogP contribution in [0.3, 0.4) is 0 Å². The number of nitrogens with zero attached hydrogens (tertiary/aromatic N) is 5. The van der Waals surface area contributed by atoms with E-state index in [4.69, 9.17) is 9.47 Å². The van der Waals surface area contributed by atoms with E-state index in [2.05, 4.69) is 15.1 Å². The van der Waals surface area contributed by atoms with Crippen LogP contribution in [0.4, 0.5) is 0 Å². The molecular formula is C16H11N5O3. The van der Waals surface area contributed by atoms with Crippen molar-refractivity contribution >= 4 is 16.7 Å². The summed E-state index contributed by atoms with van der Waals surface area (Å²) in [4.78, 5) is 21.2. The van der Waals surface area contributed by atoms with E-state index in [9.17, 15) is 4.79 Å². The molecule has 118 valence electrons. The fourth-order valence-electron chi connectivity index (χ4n) is 2.99. The fraction of sp³-hybridized carbons (Fsp3) is 0.125. The van der Waals surface area contributed by atoms with Crippen LogP contribution in [0.25, 0.3) is 22.4 Å². The van der Waals surface area contributed by atoms with Gasteiger partial charge in [0.2, 0.25) is 6.79 Å². The van der Waals surface area contributed by atoms with E-state index in [1.54, 1.807) is 21.2 Å². The van der Waals surface area contributed by atoms with Gasteiger partial charge in [0.15, 0.2) is 11.5 Å². The molecule has 1 aromatic carbocycles. The predicted octanol–water partition coefficient (Wildman–Crippen LogP) is 1.47. The molecule has 4 heterocycles. The average Bonchev–Trinajstić information content (AvgIpc) is 3.23. The van der Waals surface area contributed by atoms with Crippen LogP contribution < -0.4 is 15.0 Å². The molecule has 0 fully saturated rings. The normalized spacial score (nSPS) is 13.0. The Morgan fingerprint density at radius 3 is 2.92 bits per heavy atom. The van der Waals surface area contributed by atoms with Crippen LogP contribution in [-0.4, -0.2) is 30.9 Å². The summed E-state index contributed by atoms with van der Waals surface area (Å²) in [6.07, 6.45) is 2.95. The minimum atomic E-state index is -0.172. The van der Waals surface area contributed by atoms with Gasteiger partial charge in [0, 0.05) is 18.0 Å². The monoisotopic (exact) mass is 321 g/mol. The molecule has 0 saturated heterocycles.